The van der Waals surface area contributed by atoms with Crippen molar-refractivity contribution in [3.63, 3.8) is 0 Å². The van der Waals surface area contributed by atoms with Gasteiger partial charge in [-0.3, -0.25) is 0 Å². The number of aliphatic hydroxyl groups excluding tert-OH is 1. The Bertz CT molecular complexity index is 333. The highest BCUT2D eigenvalue weighted by atomic mass is 32.2. The minimum atomic E-state index is -2.88. The molecule has 0 aromatic rings. The molecule has 0 aromatic carbocycles. The lowest BCUT2D eigenvalue weighted by molar-refractivity contribution is 0.0472. The van der Waals surface area contributed by atoms with Gasteiger partial charge in [-0.25, -0.2) is 8.42 Å². The topological polar surface area (TPSA) is 54.4 Å². The fourth-order valence-electron chi connectivity index (χ4n) is 2.92. The van der Waals surface area contributed by atoms with E-state index in [9.17, 15) is 13.5 Å². The summed E-state index contributed by atoms with van der Waals surface area (Å²) in [4.78, 5) is 0. The van der Waals surface area contributed by atoms with Gasteiger partial charge in [-0.05, 0) is 37.0 Å². The SMILES string of the molecule is CCS(=O)(=O)CCCC(O)C1CCCC1(C)C. The van der Waals surface area contributed by atoms with E-state index in [-0.39, 0.29) is 23.0 Å². The Morgan fingerprint density at radius 3 is 2.53 bits per heavy atom. The second-order valence-electron chi connectivity index (χ2n) is 5.93. The lowest BCUT2D eigenvalue weighted by Gasteiger charge is -2.31. The number of hydrogen-bond acceptors (Lipinski definition) is 3. The monoisotopic (exact) mass is 262 g/mol. The van der Waals surface area contributed by atoms with Crippen molar-refractivity contribution in [2.75, 3.05) is 11.5 Å². The van der Waals surface area contributed by atoms with E-state index in [0.29, 0.717) is 18.8 Å². The van der Waals surface area contributed by atoms with Crippen LogP contribution in [0, 0.1) is 11.3 Å². The van der Waals surface area contributed by atoms with E-state index in [1.54, 1.807) is 6.92 Å². The van der Waals surface area contributed by atoms with Gasteiger partial charge in [0.05, 0.1) is 11.9 Å². The molecule has 0 amide bonds. The molecule has 0 radical (unpaired) electrons. The van der Waals surface area contributed by atoms with Gasteiger partial charge in [0.2, 0.25) is 0 Å². The summed E-state index contributed by atoms with van der Waals surface area (Å²) in [6.45, 7) is 6.08. The van der Waals surface area contributed by atoms with E-state index in [4.69, 9.17) is 0 Å². The molecule has 0 saturated heterocycles. The quantitative estimate of drug-likeness (QED) is 0.799. The summed E-state index contributed by atoms with van der Waals surface area (Å²) in [5.74, 6) is 0.762. The van der Waals surface area contributed by atoms with Crippen molar-refractivity contribution >= 4 is 9.84 Å². The summed E-state index contributed by atoms with van der Waals surface area (Å²) in [6.07, 6.45) is 4.30. The van der Waals surface area contributed by atoms with Gasteiger partial charge in [-0.1, -0.05) is 27.2 Å². The number of aliphatic hydroxyl groups is 1. The standard InChI is InChI=1S/C13H26O3S/c1-4-17(15,16)10-6-8-12(14)11-7-5-9-13(11,2)3/h11-12,14H,4-10H2,1-3H3. The van der Waals surface area contributed by atoms with Gasteiger partial charge in [0, 0.05) is 5.75 Å². The van der Waals surface area contributed by atoms with E-state index >= 15 is 0 Å². The summed E-state index contributed by atoms with van der Waals surface area (Å²) >= 11 is 0. The molecule has 4 heteroatoms. The van der Waals surface area contributed by atoms with Crippen LogP contribution in [0.4, 0.5) is 0 Å². The van der Waals surface area contributed by atoms with Crippen molar-refractivity contribution in [1.29, 1.82) is 0 Å². The summed E-state index contributed by atoms with van der Waals surface area (Å²) < 4.78 is 22.7. The highest BCUT2D eigenvalue weighted by molar-refractivity contribution is 7.91. The maximum atomic E-state index is 11.3. The zero-order chi connectivity index (χ0) is 13.1. The molecule has 0 aromatic heterocycles. The molecular weight excluding hydrogens is 236 g/mol. The molecule has 1 saturated carbocycles. The van der Waals surface area contributed by atoms with E-state index < -0.39 is 9.84 Å². The molecular formula is C13H26O3S. The number of hydrogen-bond donors (Lipinski definition) is 1. The van der Waals surface area contributed by atoms with Crippen LogP contribution in [0.1, 0.15) is 52.9 Å². The zero-order valence-corrected chi connectivity index (χ0v) is 12.1. The van der Waals surface area contributed by atoms with Crippen molar-refractivity contribution in [3.05, 3.63) is 0 Å². The van der Waals surface area contributed by atoms with Gasteiger partial charge in [-0.15, -0.1) is 0 Å². The predicted octanol–water partition coefficient (Wildman–Crippen LogP) is 2.39. The molecule has 1 N–H and O–H groups in total. The van der Waals surface area contributed by atoms with Crippen LogP contribution in [0.2, 0.25) is 0 Å². The fraction of sp³-hybridized carbons (Fsp3) is 1.00. The van der Waals surface area contributed by atoms with Gasteiger partial charge >= 0.3 is 0 Å². The Hall–Kier alpha value is -0.0900. The van der Waals surface area contributed by atoms with Crippen LogP contribution in [-0.4, -0.2) is 31.1 Å². The molecule has 0 spiro atoms. The number of sulfone groups is 1. The van der Waals surface area contributed by atoms with Crippen LogP contribution < -0.4 is 0 Å². The second kappa shape index (κ2) is 5.70. The van der Waals surface area contributed by atoms with Crippen molar-refractivity contribution in [3.8, 4) is 0 Å². The Morgan fingerprint density at radius 1 is 1.41 bits per heavy atom. The van der Waals surface area contributed by atoms with Gasteiger partial charge in [0.1, 0.15) is 9.84 Å². The molecule has 0 aliphatic heterocycles. The first-order valence-corrected chi connectivity index (χ1v) is 8.49. The van der Waals surface area contributed by atoms with Gasteiger partial charge in [0.15, 0.2) is 0 Å². The Balaban J connectivity index is 2.38. The lowest BCUT2D eigenvalue weighted by atomic mass is 9.77. The smallest absolute Gasteiger partial charge is 0.150 e. The molecule has 102 valence electrons. The molecule has 2 atom stereocenters. The average Bonchev–Trinajstić information content (AvgIpc) is 2.57. The summed E-state index contributed by atoms with van der Waals surface area (Å²) in [7, 11) is -2.88. The summed E-state index contributed by atoms with van der Waals surface area (Å²) in [5, 5.41) is 10.2. The first kappa shape index (κ1) is 15.0. The van der Waals surface area contributed by atoms with Crippen LogP contribution in [0.5, 0.6) is 0 Å². The molecule has 1 rings (SSSR count). The minimum absolute atomic E-state index is 0.206. The summed E-state index contributed by atoms with van der Waals surface area (Å²) in [5.41, 5.74) is 0.211. The van der Waals surface area contributed by atoms with Crippen molar-refractivity contribution in [2.24, 2.45) is 11.3 Å². The third-order valence-corrected chi connectivity index (χ3v) is 5.99. The van der Waals surface area contributed by atoms with Crippen LogP contribution in [0.3, 0.4) is 0 Å². The Labute approximate surface area is 106 Å². The molecule has 2 unspecified atom stereocenters. The Morgan fingerprint density at radius 2 is 2.06 bits per heavy atom. The highest BCUT2D eigenvalue weighted by Gasteiger charge is 2.38. The molecule has 0 heterocycles. The highest BCUT2D eigenvalue weighted by Crippen LogP contribution is 2.45. The molecule has 3 nitrogen and oxygen atoms in total. The van der Waals surface area contributed by atoms with Gasteiger partial charge < -0.3 is 5.11 Å². The van der Waals surface area contributed by atoms with Crippen molar-refractivity contribution in [2.45, 2.75) is 59.0 Å². The fourth-order valence-corrected chi connectivity index (χ4v) is 3.82. The zero-order valence-electron chi connectivity index (χ0n) is 11.3. The van der Waals surface area contributed by atoms with E-state index in [0.717, 1.165) is 6.42 Å². The molecule has 1 aliphatic carbocycles. The van der Waals surface area contributed by atoms with Crippen LogP contribution in [0.25, 0.3) is 0 Å². The maximum Gasteiger partial charge on any atom is 0.150 e. The van der Waals surface area contributed by atoms with E-state index in [1.807, 2.05) is 0 Å². The molecule has 1 fully saturated rings. The van der Waals surface area contributed by atoms with E-state index in [1.165, 1.54) is 12.8 Å². The van der Waals surface area contributed by atoms with Crippen LogP contribution in [0.15, 0.2) is 0 Å². The first-order valence-electron chi connectivity index (χ1n) is 6.67. The molecule has 0 bridgehead atoms. The second-order valence-corrected chi connectivity index (χ2v) is 8.41. The maximum absolute atomic E-state index is 11.3. The van der Waals surface area contributed by atoms with Crippen LogP contribution in [-0.2, 0) is 9.84 Å². The first-order chi connectivity index (χ1) is 7.78. The van der Waals surface area contributed by atoms with Crippen molar-refractivity contribution < 1.29 is 13.5 Å². The van der Waals surface area contributed by atoms with Crippen LogP contribution >= 0.6 is 0 Å². The number of rotatable bonds is 6. The Kier molecular flexibility index (Phi) is 5.02. The largest absolute Gasteiger partial charge is 0.393 e. The molecule has 1 aliphatic rings. The minimum Gasteiger partial charge on any atom is -0.393 e. The average molecular weight is 262 g/mol. The molecule has 17 heavy (non-hydrogen) atoms. The normalized spacial score (nSPS) is 26.0. The predicted molar refractivity (Wildman–Crippen MR) is 70.7 cm³/mol. The van der Waals surface area contributed by atoms with Gasteiger partial charge in [-0.2, -0.15) is 0 Å². The van der Waals surface area contributed by atoms with Gasteiger partial charge in [0.25, 0.3) is 0 Å². The third kappa shape index (κ3) is 4.25. The summed E-state index contributed by atoms with van der Waals surface area (Å²) in [6, 6.07) is 0. The third-order valence-electron chi connectivity index (χ3n) is 4.20. The van der Waals surface area contributed by atoms with E-state index in [2.05, 4.69) is 13.8 Å². The lowest BCUT2D eigenvalue weighted by Crippen LogP contribution is -2.30. The van der Waals surface area contributed by atoms with Crippen molar-refractivity contribution in [1.82, 2.24) is 0 Å².